The first-order chi connectivity index (χ1) is 8.52. The second-order valence-electron chi connectivity index (χ2n) is 4.51. The molecule has 0 aliphatic heterocycles. The minimum atomic E-state index is 0.686. The smallest absolute Gasteiger partial charge is 0.0677 e. The van der Waals surface area contributed by atoms with E-state index < -0.39 is 0 Å². The van der Waals surface area contributed by atoms with Crippen molar-refractivity contribution in [2.75, 3.05) is 5.73 Å². The van der Waals surface area contributed by atoms with Gasteiger partial charge in [0.2, 0.25) is 0 Å². The van der Waals surface area contributed by atoms with Gasteiger partial charge in [-0.2, -0.15) is 5.10 Å². The van der Waals surface area contributed by atoms with Crippen LogP contribution in [-0.4, -0.2) is 9.78 Å². The van der Waals surface area contributed by atoms with Gasteiger partial charge in [0.15, 0.2) is 0 Å². The quantitative estimate of drug-likeness (QED) is 0.863. The van der Waals surface area contributed by atoms with Crippen LogP contribution in [0, 0.1) is 13.8 Å². The van der Waals surface area contributed by atoms with E-state index in [-0.39, 0.29) is 0 Å². The molecule has 0 radical (unpaired) electrons. The second kappa shape index (κ2) is 5.02. The van der Waals surface area contributed by atoms with Crippen molar-refractivity contribution in [3.05, 3.63) is 45.7 Å². The monoisotopic (exact) mass is 263 g/mol. The maximum Gasteiger partial charge on any atom is 0.0677 e. The highest BCUT2D eigenvalue weighted by Crippen LogP contribution is 2.22. The number of rotatable bonds is 3. The SMILES string of the molecule is CCc1c(C)nn(Cc2ccc(N)cc2Cl)c1C. The fourth-order valence-corrected chi connectivity index (χ4v) is 2.50. The molecule has 2 aromatic rings. The van der Waals surface area contributed by atoms with Gasteiger partial charge in [0.25, 0.3) is 0 Å². The Balaban J connectivity index is 2.34. The van der Waals surface area contributed by atoms with Crippen molar-refractivity contribution >= 4 is 17.3 Å². The molecule has 0 amide bonds. The molecule has 3 nitrogen and oxygen atoms in total. The first-order valence-electron chi connectivity index (χ1n) is 6.09. The van der Waals surface area contributed by atoms with Gasteiger partial charge in [0.1, 0.15) is 0 Å². The molecule has 2 N–H and O–H groups in total. The minimum absolute atomic E-state index is 0.686. The average Bonchev–Trinajstić information content (AvgIpc) is 2.58. The summed E-state index contributed by atoms with van der Waals surface area (Å²) >= 11 is 6.19. The first-order valence-corrected chi connectivity index (χ1v) is 6.47. The third-order valence-corrected chi connectivity index (χ3v) is 3.63. The maximum atomic E-state index is 6.19. The predicted molar refractivity (Wildman–Crippen MR) is 76.0 cm³/mol. The Kier molecular flexibility index (Phi) is 3.62. The minimum Gasteiger partial charge on any atom is -0.399 e. The van der Waals surface area contributed by atoms with Gasteiger partial charge in [0.05, 0.1) is 12.2 Å². The highest BCUT2D eigenvalue weighted by Gasteiger charge is 2.11. The topological polar surface area (TPSA) is 43.8 Å². The maximum absolute atomic E-state index is 6.19. The molecular formula is C14H18ClN3. The summed E-state index contributed by atoms with van der Waals surface area (Å²) in [5.74, 6) is 0. The van der Waals surface area contributed by atoms with Gasteiger partial charge in [-0.05, 0) is 43.5 Å². The van der Waals surface area contributed by atoms with Crippen LogP contribution in [0.2, 0.25) is 5.02 Å². The summed E-state index contributed by atoms with van der Waals surface area (Å²) in [6.07, 6.45) is 1.01. The number of aryl methyl sites for hydroxylation is 1. The molecule has 1 heterocycles. The molecule has 0 spiro atoms. The predicted octanol–water partition coefficient (Wildman–Crippen LogP) is 3.35. The number of aromatic nitrogens is 2. The van der Waals surface area contributed by atoms with E-state index in [1.807, 2.05) is 23.7 Å². The van der Waals surface area contributed by atoms with Crippen LogP contribution < -0.4 is 5.73 Å². The van der Waals surface area contributed by atoms with E-state index in [4.69, 9.17) is 17.3 Å². The lowest BCUT2D eigenvalue weighted by Gasteiger charge is -2.08. The Morgan fingerprint density at radius 2 is 2.06 bits per heavy atom. The van der Waals surface area contributed by atoms with Gasteiger partial charge >= 0.3 is 0 Å². The number of nitrogens with two attached hydrogens (primary N) is 1. The van der Waals surface area contributed by atoms with E-state index in [0.717, 1.165) is 17.7 Å². The summed E-state index contributed by atoms with van der Waals surface area (Å²) in [6.45, 7) is 6.99. The molecule has 2 rings (SSSR count). The Bertz CT molecular complexity index is 573. The van der Waals surface area contributed by atoms with Gasteiger partial charge in [0, 0.05) is 16.4 Å². The number of nitrogen functional groups attached to an aromatic ring is 1. The van der Waals surface area contributed by atoms with Crippen molar-refractivity contribution in [2.24, 2.45) is 0 Å². The summed E-state index contributed by atoms with van der Waals surface area (Å²) in [5, 5.41) is 5.26. The van der Waals surface area contributed by atoms with Crippen LogP contribution in [-0.2, 0) is 13.0 Å². The van der Waals surface area contributed by atoms with Crippen LogP contribution in [0.15, 0.2) is 18.2 Å². The second-order valence-corrected chi connectivity index (χ2v) is 4.92. The van der Waals surface area contributed by atoms with Crippen molar-refractivity contribution in [1.29, 1.82) is 0 Å². The molecule has 0 aliphatic carbocycles. The zero-order chi connectivity index (χ0) is 13.3. The van der Waals surface area contributed by atoms with E-state index in [2.05, 4.69) is 18.9 Å². The fourth-order valence-electron chi connectivity index (χ4n) is 2.25. The molecule has 4 heteroatoms. The van der Waals surface area contributed by atoms with Crippen LogP contribution in [0.1, 0.15) is 29.4 Å². The number of nitrogens with zero attached hydrogens (tertiary/aromatic N) is 2. The Morgan fingerprint density at radius 1 is 1.33 bits per heavy atom. The summed E-state index contributed by atoms with van der Waals surface area (Å²) < 4.78 is 2.01. The molecule has 0 bridgehead atoms. The van der Waals surface area contributed by atoms with Gasteiger partial charge in [-0.25, -0.2) is 0 Å². The standard InChI is InChI=1S/C14H18ClN3/c1-4-13-9(2)17-18(10(13)3)8-11-5-6-12(16)7-14(11)15/h5-7H,4,8,16H2,1-3H3. The van der Waals surface area contributed by atoms with Crippen molar-refractivity contribution in [3.8, 4) is 0 Å². The summed E-state index contributed by atoms with van der Waals surface area (Å²) in [6, 6.07) is 5.61. The van der Waals surface area contributed by atoms with Crippen molar-refractivity contribution in [1.82, 2.24) is 9.78 Å². The van der Waals surface area contributed by atoms with Gasteiger partial charge in [-0.3, -0.25) is 4.68 Å². The normalized spacial score (nSPS) is 10.9. The van der Waals surface area contributed by atoms with Gasteiger partial charge in [-0.1, -0.05) is 24.6 Å². The van der Waals surface area contributed by atoms with Crippen molar-refractivity contribution < 1.29 is 0 Å². The zero-order valence-electron chi connectivity index (χ0n) is 11.0. The Morgan fingerprint density at radius 3 is 2.61 bits per heavy atom. The van der Waals surface area contributed by atoms with Gasteiger partial charge in [-0.15, -0.1) is 0 Å². The van der Waals surface area contributed by atoms with Crippen molar-refractivity contribution in [2.45, 2.75) is 33.7 Å². The zero-order valence-corrected chi connectivity index (χ0v) is 11.8. The number of benzene rings is 1. The third kappa shape index (κ3) is 2.36. The Hall–Kier alpha value is -1.48. The van der Waals surface area contributed by atoms with E-state index in [1.54, 1.807) is 6.07 Å². The third-order valence-electron chi connectivity index (χ3n) is 3.28. The molecule has 0 fully saturated rings. The van der Waals surface area contributed by atoms with Crippen LogP contribution in [0.5, 0.6) is 0 Å². The number of anilines is 1. The highest BCUT2D eigenvalue weighted by molar-refractivity contribution is 6.31. The average molecular weight is 264 g/mol. The number of hydrogen-bond donors (Lipinski definition) is 1. The van der Waals surface area contributed by atoms with Gasteiger partial charge < -0.3 is 5.73 Å². The lowest BCUT2D eigenvalue weighted by atomic mass is 10.1. The first kappa shape index (κ1) is 13.0. The van der Waals surface area contributed by atoms with Crippen LogP contribution in [0.3, 0.4) is 0 Å². The molecule has 1 aromatic carbocycles. The molecule has 0 atom stereocenters. The number of hydrogen-bond acceptors (Lipinski definition) is 2. The lowest BCUT2D eigenvalue weighted by molar-refractivity contribution is 0.658. The van der Waals surface area contributed by atoms with Crippen LogP contribution in [0.4, 0.5) is 5.69 Å². The summed E-state index contributed by atoms with van der Waals surface area (Å²) in [5.41, 5.74) is 11.1. The van der Waals surface area contributed by atoms with Crippen molar-refractivity contribution in [3.63, 3.8) is 0 Å². The fraction of sp³-hybridized carbons (Fsp3) is 0.357. The van der Waals surface area contributed by atoms with Crippen LogP contribution >= 0.6 is 11.6 Å². The number of halogens is 1. The molecule has 18 heavy (non-hydrogen) atoms. The molecule has 0 saturated carbocycles. The molecule has 0 unspecified atom stereocenters. The van der Waals surface area contributed by atoms with Crippen LogP contribution in [0.25, 0.3) is 0 Å². The van der Waals surface area contributed by atoms with E-state index in [9.17, 15) is 0 Å². The lowest BCUT2D eigenvalue weighted by Crippen LogP contribution is -2.05. The molecule has 1 aromatic heterocycles. The van der Waals surface area contributed by atoms with E-state index >= 15 is 0 Å². The largest absolute Gasteiger partial charge is 0.399 e. The molecule has 96 valence electrons. The molecule has 0 saturated heterocycles. The summed E-state index contributed by atoms with van der Waals surface area (Å²) in [7, 11) is 0. The Labute approximate surface area is 113 Å². The summed E-state index contributed by atoms with van der Waals surface area (Å²) in [4.78, 5) is 0. The highest BCUT2D eigenvalue weighted by atomic mass is 35.5. The van der Waals surface area contributed by atoms with E-state index in [0.29, 0.717) is 17.3 Å². The van der Waals surface area contributed by atoms with E-state index in [1.165, 1.54) is 11.3 Å². The molecular weight excluding hydrogens is 246 g/mol. The molecule has 0 aliphatic rings.